The van der Waals surface area contributed by atoms with Gasteiger partial charge in [0.05, 0.1) is 11.5 Å². The number of aliphatic hydroxyl groups is 2. The Bertz CT molecular complexity index is 1150. The van der Waals surface area contributed by atoms with Crippen LogP contribution in [0, 0.1) is 17.8 Å². The summed E-state index contributed by atoms with van der Waals surface area (Å²) < 4.78 is 0. The van der Waals surface area contributed by atoms with Crippen molar-refractivity contribution in [2.75, 3.05) is 19.0 Å². The molecular formula is C26H32N2O6. The van der Waals surface area contributed by atoms with Crippen LogP contribution in [0.5, 0.6) is 5.75 Å². The Kier molecular flexibility index (Phi) is 6.18. The number of rotatable bonds is 6. The van der Waals surface area contributed by atoms with E-state index in [-0.39, 0.29) is 40.7 Å². The van der Waals surface area contributed by atoms with Gasteiger partial charge < -0.3 is 26.0 Å². The largest absolute Gasteiger partial charge is 0.511 e. The first kappa shape index (κ1) is 23.9. The molecule has 1 aromatic carbocycles. The molecule has 3 aliphatic rings. The zero-order valence-electron chi connectivity index (χ0n) is 19.9. The normalized spacial score (nSPS) is 24.0. The minimum absolute atomic E-state index is 0.0335. The molecule has 0 aromatic heterocycles. The number of aryl methyl sites for hydroxylation is 1. The third-order valence-corrected chi connectivity index (χ3v) is 7.47. The number of unbranched alkanes of at least 4 members (excludes halogenated alkanes) is 2. The van der Waals surface area contributed by atoms with Crippen LogP contribution >= 0.6 is 0 Å². The molecule has 3 aliphatic carbocycles. The number of aromatic hydroxyl groups is 1. The van der Waals surface area contributed by atoms with Gasteiger partial charge in [0.25, 0.3) is 5.91 Å². The van der Waals surface area contributed by atoms with Gasteiger partial charge in [0, 0.05) is 31.8 Å². The molecule has 0 heterocycles. The number of primary amides is 1. The van der Waals surface area contributed by atoms with Gasteiger partial charge in [-0.3, -0.25) is 14.4 Å². The van der Waals surface area contributed by atoms with Crippen LogP contribution in [0.25, 0.3) is 0 Å². The van der Waals surface area contributed by atoms with Gasteiger partial charge in [-0.25, -0.2) is 0 Å². The highest BCUT2D eigenvalue weighted by Crippen LogP contribution is 2.51. The maximum atomic E-state index is 13.7. The van der Waals surface area contributed by atoms with Gasteiger partial charge in [-0.05, 0) is 54.7 Å². The molecule has 0 fully saturated rings. The SMILES string of the molecule is CCCCCc1cc(N(C)C)c2c(c1O)C(=O)C1=C(O)C3C(=O)C(C(N)=O)=C(O)C[C@@H]3CC1C2. The minimum atomic E-state index is -1.10. The summed E-state index contributed by atoms with van der Waals surface area (Å²) in [6.07, 6.45) is 4.39. The maximum Gasteiger partial charge on any atom is 0.255 e. The number of hydrogen-bond acceptors (Lipinski definition) is 7. The second-order valence-corrected chi connectivity index (χ2v) is 9.87. The van der Waals surface area contributed by atoms with E-state index < -0.39 is 34.9 Å². The van der Waals surface area contributed by atoms with Crippen molar-refractivity contribution in [1.29, 1.82) is 0 Å². The zero-order chi connectivity index (χ0) is 24.9. The van der Waals surface area contributed by atoms with Gasteiger partial charge in [-0.1, -0.05) is 19.8 Å². The van der Waals surface area contributed by atoms with Gasteiger partial charge in [0.15, 0.2) is 11.6 Å². The molecule has 0 aliphatic heterocycles. The van der Waals surface area contributed by atoms with E-state index in [2.05, 4.69) is 6.92 Å². The van der Waals surface area contributed by atoms with Gasteiger partial charge in [0.2, 0.25) is 0 Å². The minimum Gasteiger partial charge on any atom is -0.511 e. The molecule has 8 nitrogen and oxygen atoms in total. The lowest BCUT2D eigenvalue weighted by Crippen LogP contribution is -2.43. The summed E-state index contributed by atoms with van der Waals surface area (Å²) in [5.74, 6) is -4.97. The molecule has 1 aromatic rings. The van der Waals surface area contributed by atoms with Crippen molar-refractivity contribution in [2.45, 2.75) is 51.9 Å². The monoisotopic (exact) mass is 468 g/mol. The smallest absolute Gasteiger partial charge is 0.255 e. The van der Waals surface area contributed by atoms with Crippen LogP contribution in [0.1, 0.15) is 60.5 Å². The van der Waals surface area contributed by atoms with Crippen molar-refractivity contribution < 1.29 is 29.7 Å². The number of allylic oxidation sites excluding steroid dienone is 3. The number of carbonyl (C=O) groups is 3. The predicted molar refractivity (Wildman–Crippen MR) is 127 cm³/mol. The Morgan fingerprint density at radius 3 is 2.47 bits per heavy atom. The molecule has 0 radical (unpaired) electrons. The lowest BCUT2D eigenvalue weighted by atomic mass is 9.62. The number of nitrogens with two attached hydrogens (primary N) is 1. The molecule has 182 valence electrons. The Morgan fingerprint density at radius 1 is 1.15 bits per heavy atom. The van der Waals surface area contributed by atoms with Gasteiger partial charge in [0.1, 0.15) is 22.8 Å². The van der Waals surface area contributed by atoms with Crippen LogP contribution in [0.4, 0.5) is 5.69 Å². The molecule has 3 atom stereocenters. The summed E-state index contributed by atoms with van der Waals surface area (Å²) in [6.45, 7) is 2.10. The van der Waals surface area contributed by atoms with E-state index in [0.29, 0.717) is 24.8 Å². The first-order valence-corrected chi connectivity index (χ1v) is 11.9. The first-order chi connectivity index (χ1) is 16.1. The van der Waals surface area contributed by atoms with Crippen molar-refractivity contribution in [3.8, 4) is 5.75 Å². The Labute approximate surface area is 198 Å². The summed E-state index contributed by atoms with van der Waals surface area (Å²) in [4.78, 5) is 40.4. The summed E-state index contributed by atoms with van der Waals surface area (Å²) in [7, 11) is 3.78. The number of amides is 1. The second kappa shape index (κ2) is 8.81. The number of anilines is 1. The van der Waals surface area contributed by atoms with E-state index in [1.807, 2.05) is 25.1 Å². The van der Waals surface area contributed by atoms with Crippen molar-refractivity contribution in [3.63, 3.8) is 0 Å². The van der Waals surface area contributed by atoms with Crippen LogP contribution in [0.15, 0.2) is 28.7 Å². The predicted octanol–water partition coefficient (Wildman–Crippen LogP) is 3.26. The van der Waals surface area contributed by atoms with Crippen LogP contribution in [0.3, 0.4) is 0 Å². The maximum absolute atomic E-state index is 13.7. The van der Waals surface area contributed by atoms with Crippen LogP contribution in [0.2, 0.25) is 0 Å². The molecule has 34 heavy (non-hydrogen) atoms. The average molecular weight is 469 g/mol. The highest BCUT2D eigenvalue weighted by Gasteiger charge is 2.50. The van der Waals surface area contributed by atoms with E-state index in [9.17, 15) is 29.7 Å². The number of phenols is 1. The lowest BCUT2D eigenvalue weighted by molar-refractivity contribution is -0.126. The number of benzene rings is 1. The fourth-order valence-electron chi connectivity index (χ4n) is 5.90. The standard InChI is InChI=1S/C26H32N2O6/c1-4-5-6-7-12-10-16(28(2)3)15-9-13-8-14-11-17(29)21(26(27)34)25(33)19(14)23(31)18(13)24(32)20(15)22(12)30/h10,13-14,19,29-31H,4-9,11H2,1-3H3,(H2,27,34)/t13?,14-,19?/m0/s1. The third kappa shape index (κ3) is 3.65. The number of carbonyl (C=O) groups excluding carboxylic acids is 3. The quantitative estimate of drug-likeness (QED) is 0.371. The number of nitrogens with zero attached hydrogens (tertiary/aromatic N) is 1. The topological polar surface area (TPSA) is 141 Å². The van der Waals surface area contributed by atoms with E-state index in [1.54, 1.807) is 0 Å². The van der Waals surface area contributed by atoms with E-state index in [0.717, 1.165) is 30.5 Å². The zero-order valence-corrected chi connectivity index (χ0v) is 19.9. The van der Waals surface area contributed by atoms with E-state index in [1.165, 1.54) is 0 Å². The molecular weight excluding hydrogens is 436 g/mol. The average Bonchev–Trinajstić information content (AvgIpc) is 2.74. The van der Waals surface area contributed by atoms with Crippen molar-refractivity contribution >= 4 is 23.2 Å². The second-order valence-electron chi connectivity index (χ2n) is 9.87. The van der Waals surface area contributed by atoms with Gasteiger partial charge in [-0.15, -0.1) is 0 Å². The van der Waals surface area contributed by atoms with Crippen molar-refractivity contribution in [3.05, 3.63) is 45.4 Å². The molecule has 1 amide bonds. The van der Waals surface area contributed by atoms with Crippen LogP contribution in [-0.2, 0) is 22.4 Å². The number of aliphatic hydroxyl groups excluding tert-OH is 2. The molecule has 0 spiro atoms. The number of fused-ring (bicyclic) bond motifs is 3. The van der Waals surface area contributed by atoms with Crippen molar-refractivity contribution in [2.24, 2.45) is 23.5 Å². The number of Topliss-reactive ketones (excluding diaryl/α,β-unsaturated/α-hetero) is 2. The molecule has 4 rings (SSSR count). The Morgan fingerprint density at radius 2 is 1.85 bits per heavy atom. The number of phenolic OH excluding ortho intramolecular Hbond substituents is 1. The van der Waals surface area contributed by atoms with Crippen LogP contribution < -0.4 is 10.6 Å². The van der Waals surface area contributed by atoms with Gasteiger partial charge in [-0.2, -0.15) is 0 Å². The molecule has 5 N–H and O–H groups in total. The Balaban J connectivity index is 1.83. The highest BCUT2D eigenvalue weighted by atomic mass is 16.3. The summed E-state index contributed by atoms with van der Waals surface area (Å²) in [5, 5.41) is 32.5. The number of ketones is 2. The molecule has 0 saturated carbocycles. The van der Waals surface area contributed by atoms with Crippen molar-refractivity contribution in [1.82, 2.24) is 0 Å². The summed E-state index contributed by atoms with van der Waals surface area (Å²) in [5.41, 5.74) is 7.36. The molecule has 0 bridgehead atoms. The fraction of sp³-hybridized carbons (Fsp3) is 0.500. The lowest BCUT2D eigenvalue weighted by Gasteiger charge is -2.41. The highest BCUT2D eigenvalue weighted by molar-refractivity contribution is 6.22. The fourth-order valence-corrected chi connectivity index (χ4v) is 5.90. The molecule has 0 saturated heterocycles. The van der Waals surface area contributed by atoms with Gasteiger partial charge >= 0.3 is 0 Å². The van der Waals surface area contributed by atoms with E-state index in [4.69, 9.17) is 5.73 Å². The third-order valence-electron chi connectivity index (χ3n) is 7.47. The Hall–Kier alpha value is -3.29. The molecule has 2 unspecified atom stereocenters. The summed E-state index contributed by atoms with van der Waals surface area (Å²) >= 11 is 0. The molecule has 8 heteroatoms. The number of hydrogen-bond donors (Lipinski definition) is 4. The summed E-state index contributed by atoms with van der Waals surface area (Å²) in [6, 6.07) is 1.94. The van der Waals surface area contributed by atoms with E-state index >= 15 is 0 Å². The first-order valence-electron chi connectivity index (χ1n) is 11.9. The van der Waals surface area contributed by atoms with Crippen LogP contribution in [-0.4, -0.2) is 46.9 Å².